The number of likely N-dealkylation sites (N-methyl/N-ethyl adjacent to an activating group) is 1. The van der Waals surface area contributed by atoms with Crippen LogP contribution in [0.5, 0.6) is 0 Å². The largest absolute Gasteiger partial charge is 0.351 e. The Kier molecular flexibility index (Phi) is 6.09. The lowest BCUT2D eigenvalue weighted by atomic mass is 10.1. The molecule has 9 heteroatoms. The van der Waals surface area contributed by atoms with Crippen LogP contribution in [-0.4, -0.2) is 42.4 Å². The molecule has 0 unspecified atom stereocenters. The number of amides is 1. The second kappa shape index (κ2) is 8.54. The SMILES string of the molecule is Cc1ccc(CNC(=O)CN(C)S(=O)(=O)c2cccc(-c3noc(C)n3)c2)cc1. The maximum atomic E-state index is 12.8. The van der Waals surface area contributed by atoms with Gasteiger partial charge in [-0.25, -0.2) is 8.42 Å². The number of aryl methyl sites for hydroxylation is 2. The van der Waals surface area contributed by atoms with Crippen LogP contribution in [0, 0.1) is 13.8 Å². The van der Waals surface area contributed by atoms with Crippen LogP contribution < -0.4 is 5.32 Å². The first-order chi connectivity index (χ1) is 13.8. The first kappa shape index (κ1) is 20.7. The van der Waals surface area contributed by atoms with Gasteiger partial charge < -0.3 is 9.84 Å². The highest BCUT2D eigenvalue weighted by molar-refractivity contribution is 7.89. The third-order valence-electron chi connectivity index (χ3n) is 4.30. The number of hydrogen-bond donors (Lipinski definition) is 1. The van der Waals surface area contributed by atoms with Gasteiger partial charge >= 0.3 is 0 Å². The molecule has 2 aromatic carbocycles. The molecular weight excluding hydrogens is 392 g/mol. The summed E-state index contributed by atoms with van der Waals surface area (Å²) in [6.45, 7) is 3.68. The summed E-state index contributed by atoms with van der Waals surface area (Å²) in [7, 11) is -2.49. The summed E-state index contributed by atoms with van der Waals surface area (Å²) in [6, 6.07) is 14.0. The number of sulfonamides is 1. The van der Waals surface area contributed by atoms with Gasteiger partial charge in [0.2, 0.25) is 27.6 Å². The number of carbonyl (C=O) groups excluding carboxylic acids is 1. The van der Waals surface area contributed by atoms with E-state index in [2.05, 4.69) is 15.5 Å². The van der Waals surface area contributed by atoms with E-state index in [1.54, 1.807) is 19.1 Å². The molecule has 0 saturated carbocycles. The summed E-state index contributed by atoms with van der Waals surface area (Å²) >= 11 is 0. The molecule has 3 aromatic rings. The highest BCUT2D eigenvalue weighted by Crippen LogP contribution is 2.22. The molecular formula is C20H22N4O4S. The summed E-state index contributed by atoms with van der Waals surface area (Å²) in [4.78, 5) is 16.4. The standard InChI is InChI=1S/C20H22N4O4S/c1-14-7-9-16(10-8-14)12-21-19(25)13-24(3)29(26,27)18-6-4-5-17(11-18)20-22-15(2)28-23-20/h4-11H,12-13H2,1-3H3,(H,21,25). The van der Waals surface area contributed by atoms with Gasteiger partial charge in [-0.1, -0.05) is 47.1 Å². The third-order valence-corrected chi connectivity index (χ3v) is 6.10. The second-order valence-corrected chi connectivity index (χ2v) is 8.73. The zero-order valence-corrected chi connectivity index (χ0v) is 17.2. The van der Waals surface area contributed by atoms with E-state index in [9.17, 15) is 13.2 Å². The van der Waals surface area contributed by atoms with Crippen molar-refractivity contribution in [1.29, 1.82) is 0 Å². The fourth-order valence-corrected chi connectivity index (χ4v) is 3.82. The Bertz CT molecular complexity index is 1110. The zero-order valence-electron chi connectivity index (χ0n) is 16.4. The minimum absolute atomic E-state index is 0.0475. The van der Waals surface area contributed by atoms with Crippen LogP contribution in [0.15, 0.2) is 57.9 Å². The Balaban J connectivity index is 1.67. The van der Waals surface area contributed by atoms with Crippen LogP contribution in [0.1, 0.15) is 17.0 Å². The van der Waals surface area contributed by atoms with E-state index in [-0.39, 0.29) is 17.3 Å². The fraction of sp³-hybridized carbons (Fsp3) is 0.250. The van der Waals surface area contributed by atoms with Crippen molar-refractivity contribution >= 4 is 15.9 Å². The van der Waals surface area contributed by atoms with Gasteiger partial charge in [-0.15, -0.1) is 0 Å². The van der Waals surface area contributed by atoms with Crippen LogP contribution in [0.4, 0.5) is 0 Å². The molecule has 3 rings (SSSR count). The lowest BCUT2D eigenvalue weighted by Crippen LogP contribution is -2.38. The van der Waals surface area contributed by atoms with E-state index in [0.717, 1.165) is 15.4 Å². The first-order valence-electron chi connectivity index (χ1n) is 8.95. The Labute approximate surface area is 169 Å². The van der Waals surface area contributed by atoms with Crippen molar-refractivity contribution in [2.45, 2.75) is 25.3 Å². The highest BCUT2D eigenvalue weighted by Gasteiger charge is 2.23. The molecule has 8 nitrogen and oxygen atoms in total. The summed E-state index contributed by atoms with van der Waals surface area (Å²) in [5, 5.41) is 6.54. The van der Waals surface area contributed by atoms with E-state index in [1.807, 2.05) is 31.2 Å². The number of nitrogens with zero attached hydrogens (tertiary/aromatic N) is 3. The zero-order chi connectivity index (χ0) is 21.0. The lowest BCUT2D eigenvalue weighted by Gasteiger charge is -2.17. The molecule has 29 heavy (non-hydrogen) atoms. The van der Waals surface area contributed by atoms with Crippen molar-refractivity contribution in [3.05, 3.63) is 65.5 Å². The summed E-state index contributed by atoms with van der Waals surface area (Å²) < 4.78 is 31.7. The maximum Gasteiger partial charge on any atom is 0.243 e. The van der Waals surface area contributed by atoms with Crippen molar-refractivity contribution in [2.75, 3.05) is 13.6 Å². The Morgan fingerprint density at radius 1 is 1.14 bits per heavy atom. The van der Waals surface area contributed by atoms with Gasteiger partial charge in [-0.2, -0.15) is 9.29 Å². The number of hydrogen-bond acceptors (Lipinski definition) is 6. The molecule has 1 N–H and O–H groups in total. The topological polar surface area (TPSA) is 105 Å². The van der Waals surface area contributed by atoms with Crippen LogP contribution in [-0.2, 0) is 21.4 Å². The van der Waals surface area contributed by atoms with Crippen LogP contribution >= 0.6 is 0 Å². The summed E-state index contributed by atoms with van der Waals surface area (Å²) in [5.74, 6) is 0.301. The number of nitrogens with one attached hydrogen (secondary N) is 1. The molecule has 1 heterocycles. The summed E-state index contributed by atoms with van der Waals surface area (Å²) in [5.41, 5.74) is 2.59. The Morgan fingerprint density at radius 3 is 2.52 bits per heavy atom. The monoisotopic (exact) mass is 414 g/mol. The van der Waals surface area contributed by atoms with E-state index in [1.165, 1.54) is 19.2 Å². The quantitative estimate of drug-likeness (QED) is 0.636. The molecule has 0 fully saturated rings. The van der Waals surface area contributed by atoms with E-state index < -0.39 is 10.0 Å². The number of benzene rings is 2. The van der Waals surface area contributed by atoms with Crippen LogP contribution in [0.25, 0.3) is 11.4 Å². The number of aromatic nitrogens is 2. The summed E-state index contributed by atoms with van der Waals surface area (Å²) in [6.07, 6.45) is 0. The van der Waals surface area contributed by atoms with Crippen molar-refractivity contribution in [3.63, 3.8) is 0 Å². The van der Waals surface area contributed by atoms with Crippen molar-refractivity contribution < 1.29 is 17.7 Å². The molecule has 1 aromatic heterocycles. The first-order valence-corrected chi connectivity index (χ1v) is 10.4. The molecule has 0 saturated heterocycles. The smallest absolute Gasteiger partial charge is 0.243 e. The van der Waals surface area contributed by atoms with Gasteiger partial charge in [0.25, 0.3) is 0 Å². The van der Waals surface area contributed by atoms with Gasteiger partial charge in [-0.3, -0.25) is 4.79 Å². The average molecular weight is 414 g/mol. The normalized spacial score (nSPS) is 11.6. The Hall–Kier alpha value is -3.04. The van der Waals surface area contributed by atoms with Crippen LogP contribution in [0.2, 0.25) is 0 Å². The molecule has 0 radical (unpaired) electrons. The van der Waals surface area contributed by atoms with E-state index in [4.69, 9.17) is 4.52 Å². The average Bonchev–Trinajstić information content (AvgIpc) is 3.14. The minimum Gasteiger partial charge on any atom is -0.351 e. The maximum absolute atomic E-state index is 12.8. The van der Waals surface area contributed by atoms with Gasteiger partial charge in [0.1, 0.15) is 0 Å². The lowest BCUT2D eigenvalue weighted by molar-refractivity contribution is -0.121. The van der Waals surface area contributed by atoms with Crippen LogP contribution in [0.3, 0.4) is 0 Å². The van der Waals surface area contributed by atoms with Gasteiger partial charge in [0, 0.05) is 26.1 Å². The predicted octanol–water partition coefficient (Wildman–Crippen LogP) is 2.29. The number of carbonyl (C=O) groups is 1. The molecule has 0 bridgehead atoms. The second-order valence-electron chi connectivity index (χ2n) is 6.69. The fourth-order valence-electron chi connectivity index (χ4n) is 2.64. The highest BCUT2D eigenvalue weighted by atomic mass is 32.2. The van der Waals surface area contributed by atoms with Crippen molar-refractivity contribution in [2.24, 2.45) is 0 Å². The minimum atomic E-state index is -3.86. The van der Waals surface area contributed by atoms with E-state index >= 15 is 0 Å². The molecule has 0 aliphatic carbocycles. The predicted molar refractivity (Wildman–Crippen MR) is 107 cm³/mol. The Morgan fingerprint density at radius 2 is 1.86 bits per heavy atom. The molecule has 152 valence electrons. The van der Waals surface area contributed by atoms with E-state index in [0.29, 0.717) is 23.8 Å². The van der Waals surface area contributed by atoms with Crippen molar-refractivity contribution in [1.82, 2.24) is 19.8 Å². The molecule has 0 spiro atoms. The molecule has 1 amide bonds. The third kappa shape index (κ3) is 5.07. The molecule has 0 aliphatic rings. The molecule has 0 atom stereocenters. The van der Waals surface area contributed by atoms with Gasteiger partial charge in [-0.05, 0) is 24.6 Å². The van der Waals surface area contributed by atoms with Crippen molar-refractivity contribution in [3.8, 4) is 11.4 Å². The molecule has 0 aliphatic heterocycles. The van der Waals surface area contributed by atoms with Gasteiger partial charge in [0.05, 0.1) is 11.4 Å². The van der Waals surface area contributed by atoms with Gasteiger partial charge in [0.15, 0.2) is 0 Å². The number of rotatable bonds is 7.